The van der Waals surface area contributed by atoms with Gasteiger partial charge in [-0.05, 0) is 31.2 Å². The second kappa shape index (κ2) is 5.83. The van der Waals surface area contributed by atoms with Gasteiger partial charge in [0.2, 0.25) is 0 Å². The van der Waals surface area contributed by atoms with E-state index in [1.807, 2.05) is 10.8 Å². The minimum absolute atomic E-state index is 0.00463. The molecular formula is C15H21N3O. The maximum absolute atomic E-state index is 12.6. The highest BCUT2D eigenvalue weighted by Crippen LogP contribution is 2.30. The predicted molar refractivity (Wildman–Crippen MR) is 76.6 cm³/mol. The second-order valence-corrected chi connectivity index (χ2v) is 5.19. The fraction of sp³-hybridized carbons (Fsp3) is 0.533. The summed E-state index contributed by atoms with van der Waals surface area (Å²) in [7, 11) is 0. The van der Waals surface area contributed by atoms with Gasteiger partial charge in [0.1, 0.15) is 5.69 Å². The van der Waals surface area contributed by atoms with Crippen LogP contribution >= 0.6 is 0 Å². The van der Waals surface area contributed by atoms with Gasteiger partial charge in [-0.3, -0.25) is 4.79 Å². The summed E-state index contributed by atoms with van der Waals surface area (Å²) in [5.74, 6) is 3.20. The zero-order valence-electron chi connectivity index (χ0n) is 11.4. The summed E-state index contributed by atoms with van der Waals surface area (Å²) in [6.45, 7) is 4.01. The average molecular weight is 259 g/mol. The molecule has 1 amide bonds. The molecule has 0 saturated heterocycles. The van der Waals surface area contributed by atoms with Gasteiger partial charge in [-0.1, -0.05) is 12.8 Å². The van der Waals surface area contributed by atoms with E-state index in [9.17, 15) is 4.79 Å². The van der Waals surface area contributed by atoms with Crippen LogP contribution in [0.1, 0.15) is 36.7 Å². The Bertz CT molecular complexity index is 494. The molecule has 102 valence electrons. The number of aryl methyl sites for hydroxylation is 1. The Morgan fingerprint density at radius 2 is 2.37 bits per heavy atom. The van der Waals surface area contributed by atoms with Crippen LogP contribution in [-0.4, -0.2) is 28.5 Å². The van der Waals surface area contributed by atoms with Crippen molar-refractivity contribution in [2.45, 2.75) is 32.7 Å². The summed E-state index contributed by atoms with van der Waals surface area (Å²) < 4.78 is 1.92. The first kappa shape index (κ1) is 13.5. The molecule has 0 unspecified atom stereocenters. The summed E-state index contributed by atoms with van der Waals surface area (Å²) in [4.78, 5) is 14.3. The topological polar surface area (TPSA) is 51.3 Å². The van der Waals surface area contributed by atoms with Crippen LogP contribution in [0, 0.1) is 18.3 Å². The van der Waals surface area contributed by atoms with E-state index >= 15 is 0 Å². The maximum Gasteiger partial charge on any atom is 0.271 e. The Labute approximate surface area is 114 Å². The van der Waals surface area contributed by atoms with Crippen molar-refractivity contribution in [1.29, 1.82) is 0 Å². The third-order valence-electron chi connectivity index (χ3n) is 3.35. The SMILES string of the molecule is C#CCN(CC1CC1)C(=O)c1cc(N)cn1CCC. The van der Waals surface area contributed by atoms with Crippen molar-refractivity contribution in [1.82, 2.24) is 9.47 Å². The van der Waals surface area contributed by atoms with Crippen molar-refractivity contribution >= 4 is 11.6 Å². The Morgan fingerprint density at radius 1 is 1.63 bits per heavy atom. The highest BCUT2D eigenvalue weighted by molar-refractivity contribution is 5.94. The molecule has 0 radical (unpaired) electrons. The number of terminal acetylenes is 1. The number of amides is 1. The average Bonchev–Trinajstić information content (AvgIpc) is 3.11. The van der Waals surface area contributed by atoms with Crippen molar-refractivity contribution in [2.24, 2.45) is 5.92 Å². The van der Waals surface area contributed by atoms with Crippen LogP contribution in [0.3, 0.4) is 0 Å². The van der Waals surface area contributed by atoms with Gasteiger partial charge in [0.25, 0.3) is 5.91 Å². The number of anilines is 1. The fourth-order valence-corrected chi connectivity index (χ4v) is 2.24. The van der Waals surface area contributed by atoms with Crippen LogP contribution in [0.25, 0.3) is 0 Å². The number of carbonyl (C=O) groups is 1. The van der Waals surface area contributed by atoms with Gasteiger partial charge < -0.3 is 15.2 Å². The highest BCUT2D eigenvalue weighted by Gasteiger charge is 2.28. The first-order chi connectivity index (χ1) is 9.15. The van der Waals surface area contributed by atoms with Crippen molar-refractivity contribution in [2.75, 3.05) is 18.8 Å². The molecule has 0 aromatic carbocycles. The van der Waals surface area contributed by atoms with Crippen LogP contribution in [0.2, 0.25) is 0 Å². The van der Waals surface area contributed by atoms with E-state index in [-0.39, 0.29) is 5.91 Å². The minimum atomic E-state index is -0.00463. The number of hydrogen-bond donors (Lipinski definition) is 1. The smallest absolute Gasteiger partial charge is 0.271 e. The van der Waals surface area contributed by atoms with Crippen LogP contribution in [0.4, 0.5) is 5.69 Å². The molecule has 1 aromatic rings. The lowest BCUT2D eigenvalue weighted by Gasteiger charge is -2.20. The van der Waals surface area contributed by atoms with E-state index in [2.05, 4.69) is 12.8 Å². The fourth-order valence-electron chi connectivity index (χ4n) is 2.24. The zero-order valence-corrected chi connectivity index (χ0v) is 11.4. The Kier molecular flexibility index (Phi) is 4.16. The van der Waals surface area contributed by atoms with Crippen LogP contribution < -0.4 is 5.73 Å². The maximum atomic E-state index is 12.6. The monoisotopic (exact) mass is 259 g/mol. The summed E-state index contributed by atoms with van der Waals surface area (Å²) in [6.07, 6.45) is 10.6. The van der Waals surface area contributed by atoms with Crippen molar-refractivity contribution in [3.05, 3.63) is 18.0 Å². The van der Waals surface area contributed by atoms with Gasteiger partial charge >= 0.3 is 0 Å². The lowest BCUT2D eigenvalue weighted by molar-refractivity contribution is 0.0759. The first-order valence-electron chi connectivity index (χ1n) is 6.84. The van der Waals surface area contributed by atoms with Gasteiger partial charge in [-0.15, -0.1) is 6.42 Å². The summed E-state index contributed by atoms with van der Waals surface area (Å²) in [6, 6.07) is 1.74. The van der Waals surface area contributed by atoms with Gasteiger partial charge in [-0.25, -0.2) is 0 Å². The van der Waals surface area contributed by atoms with E-state index in [1.54, 1.807) is 11.0 Å². The molecule has 0 spiro atoms. The van der Waals surface area contributed by atoms with Crippen molar-refractivity contribution in [3.63, 3.8) is 0 Å². The number of carbonyl (C=O) groups excluding carboxylic acids is 1. The molecule has 2 N–H and O–H groups in total. The quantitative estimate of drug-likeness (QED) is 0.794. The molecule has 1 heterocycles. The highest BCUT2D eigenvalue weighted by atomic mass is 16.2. The lowest BCUT2D eigenvalue weighted by atomic mass is 10.3. The standard InChI is InChI=1S/C15H21N3O/c1-3-7-17-11-13(16)9-14(17)15(19)18(8-4-2)10-12-5-6-12/h2,9,11-12H,3,5-8,10,16H2,1H3. The number of nitrogens with zero attached hydrogens (tertiary/aromatic N) is 2. The molecule has 0 aliphatic heterocycles. The van der Waals surface area contributed by atoms with Crippen LogP contribution in [-0.2, 0) is 6.54 Å². The van der Waals surface area contributed by atoms with Gasteiger partial charge in [0.15, 0.2) is 0 Å². The molecule has 1 aliphatic carbocycles. The number of nitrogens with two attached hydrogens (primary N) is 1. The lowest BCUT2D eigenvalue weighted by Crippen LogP contribution is -2.34. The van der Waals surface area contributed by atoms with Crippen molar-refractivity contribution in [3.8, 4) is 12.3 Å². The Morgan fingerprint density at radius 3 is 2.95 bits per heavy atom. The molecule has 0 bridgehead atoms. The molecule has 4 heteroatoms. The number of aromatic nitrogens is 1. The number of nitrogen functional groups attached to an aromatic ring is 1. The van der Waals surface area contributed by atoms with Crippen LogP contribution in [0.5, 0.6) is 0 Å². The Hall–Kier alpha value is -1.89. The molecule has 1 aliphatic rings. The van der Waals surface area contributed by atoms with Gasteiger partial charge in [0.05, 0.1) is 12.2 Å². The molecule has 0 atom stereocenters. The third-order valence-corrected chi connectivity index (χ3v) is 3.35. The first-order valence-corrected chi connectivity index (χ1v) is 6.84. The molecular weight excluding hydrogens is 238 g/mol. The predicted octanol–water partition coefficient (Wildman–Crippen LogP) is 1.97. The molecule has 4 nitrogen and oxygen atoms in total. The Balaban J connectivity index is 2.17. The minimum Gasteiger partial charge on any atom is -0.397 e. The van der Waals surface area contributed by atoms with Crippen molar-refractivity contribution < 1.29 is 4.79 Å². The van der Waals surface area contributed by atoms with Crippen LogP contribution in [0.15, 0.2) is 12.3 Å². The second-order valence-electron chi connectivity index (χ2n) is 5.19. The molecule has 1 fully saturated rings. The molecule has 1 aromatic heterocycles. The zero-order chi connectivity index (χ0) is 13.8. The van der Waals surface area contributed by atoms with Gasteiger partial charge in [-0.2, -0.15) is 0 Å². The number of rotatable bonds is 6. The number of hydrogen-bond acceptors (Lipinski definition) is 2. The molecule has 1 saturated carbocycles. The molecule has 2 rings (SSSR count). The largest absolute Gasteiger partial charge is 0.397 e. The van der Waals surface area contributed by atoms with E-state index in [0.717, 1.165) is 19.5 Å². The summed E-state index contributed by atoms with van der Waals surface area (Å²) in [5.41, 5.74) is 7.08. The molecule has 19 heavy (non-hydrogen) atoms. The summed E-state index contributed by atoms with van der Waals surface area (Å²) >= 11 is 0. The van der Waals surface area contributed by atoms with E-state index in [4.69, 9.17) is 12.2 Å². The van der Waals surface area contributed by atoms with Gasteiger partial charge in [0, 0.05) is 19.3 Å². The third kappa shape index (κ3) is 3.31. The summed E-state index contributed by atoms with van der Waals surface area (Å²) in [5, 5.41) is 0. The van der Waals surface area contributed by atoms with E-state index in [0.29, 0.717) is 23.8 Å². The van der Waals surface area contributed by atoms with E-state index < -0.39 is 0 Å². The normalized spacial score (nSPS) is 14.1. The van der Waals surface area contributed by atoms with E-state index in [1.165, 1.54) is 12.8 Å².